The molecule has 0 aliphatic heterocycles. The summed E-state index contributed by atoms with van der Waals surface area (Å²) in [5, 5.41) is 15.6. The predicted octanol–water partition coefficient (Wildman–Crippen LogP) is 27.8. The quantitative estimate of drug-likeness (QED) is 0.110. The van der Waals surface area contributed by atoms with E-state index in [1.807, 2.05) is 66.7 Å². The number of nitrogens with zero attached hydrogens (tertiary/aromatic N) is 9. The lowest BCUT2D eigenvalue weighted by Gasteiger charge is -2.16. The van der Waals surface area contributed by atoms with Crippen molar-refractivity contribution in [2.24, 2.45) is 0 Å². The lowest BCUT2D eigenvalue weighted by molar-refractivity contribution is 1.18. The van der Waals surface area contributed by atoms with Crippen LogP contribution in [0.15, 0.2) is 394 Å². The number of benzene rings is 16. The minimum atomic E-state index is 0.585. The van der Waals surface area contributed by atoms with Gasteiger partial charge in [-0.05, 0) is 179 Å². The second kappa shape index (κ2) is 28.0. The summed E-state index contributed by atoms with van der Waals surface area (Å²) in [6.45, 7) is 0. The highest BCUT2D eigenvalue weighted by Crippen LogP contribution is 2.45. The van der Waals surface area contributed by atoms with Crippen molar-refractivity contribution in [3.05, 3.63) is 394 Å². The summed E-state index contributed by atoms with van der Waals surface area (Å²) in [6.07, 6.45) is 1.78. The van der Waals surface area contributed by atoms with Gasteiger partial charge in [0, 0.05) is 77.5 Å². The zero-order valence-electron chi connectivity index (χ0n) is 63.6. The first-order valence-corrected chi connectivity index (χ1v) is 39.8. The normalized spacial score (nSPS) is 11.7. The Morgan fingerprint density at radius 3 is 1.26 bits per heavy atom. The van der Waals surface area contributed by atoms with E-state index in [1.54, 1.807) is 6.20 Å². The molecule has 0 bridgehead atoms. The molecule has 16 aromatic carbocycles. The van der Waals surface area contributed by atoms with Gasteiger partial charge in [0.25, 0.3) is 0 Å². The van der Waals surface area contributed by atoms with Crippen molar-refractivity contribution in [1.82, 2.24) is 44.9 Å². The van der Waals surface area contributed by atoms with E-state index in [0.717, 1.165) is 183 Å². The maximum absolute atomic E-state index is 5.72. The number of hydrogen-bond acceptors (Lipinski definition) is 9. The Morgan fingerprint density at radius 2 is 0.576 bits per heavy atom. The van der Waals surface area contributed by atoms with Crippen LogP contribution in [-0.4, -0.2) is 44.9 Å². The van der Waals surface area contributed by atoms with Crippen LogP contribution in [0.3, 0.4) is 0 Å². The van der Waals surface area contributed by atoms with E-state index in [-0.39, 0.29) is 0 Å². The van der Waals surface area contributed by atoms with Crippen LogP contribution in [0.1, 0.15) is 0 Å². The van der Waals surface area contributed by atoms with E-state index in [2.05, 4.69) is 327 Å². The Labute approximate surface area is 678 Å². The third-order valence-electron chi connectivity index (χ3n) is 23.3. The van der Waals surface area contributed by atoms with Crippen molar-refractivity contribution >= 4 is 109 Å². The van der Waals surface area contributed by atoms with Crippen LogP contribution in [0.25, 0.3) is 243 Å². The molecule has 546 valence electrons. The van der Waals surface area contributed by atoms with E-state index in [0.29, 0.717) is 11.6 Å². The number of para-hydroxylation sites is 1. The minimum absolute atomic E-state index is 0.585. The molecule has 0 aliphatic carbocycles. The fourth-order valence-electron chi connectivity index (χ4n) is 17.4. The van der Waals surface area contributed by atoms with Crippen LogP contribution < -0.4 is 0 Å². The van der Waals surface area contributed by atoms with Gasteiger partial charge in [-0.25, -0.2) is 39.9 Å². The smallest absolute Gasteiger partial charge is 0.179 e. The van der Waals surface area contributed by atoms with Gasteiger partial charge in [-0.2, -0.15) is 0 Å². The van der Waals surface area contributed by atoms with Crippen molar-refractivity contribution in [2.45, 2.75) is 0 Å². The van der Waals surface area contributed by atoms with Gasteiger partial charge in [-0.3, -0.25) is 4.98 Å². The summed E-state index contributed by atoms with van der Waals surface area (Å²) in [4.78, 5) is 47.2. The molecule has 23 aromatic rings. The SMILES string of the molecule is c1ccc(-c2nc(-c3cccc(-c4ccc5ccc6ccc(-c7ccc(-c8ccc9c%10ccc(-c%11cc%12ccc(-c%13ccc(-c%14cccc%15ccccc%14%15)cc%13)nc%12c%12nc(-c%13cccc(-c%14ccc%15nc(-c%16ccccn%16)nc(-c%16ccccc%16)c%15c%14)c%13)ccc%11%12)cc%10c%10ccccc%10c9c8)cc7)nc6c5n4)c3)nc3ccccc23)cc1. The van der Waals surface area contributed by atoms with Gasteiger partial charge in [0.1, 0.15) is 5.69 Å². The lowest BCUT2D eigenvalue weighted by atomic mass is 9.89. The second-order valence-corrected chi connectivity index (χ2v) is 30.3. The average Bonchev–Trinajstić information content (AvgIpc) is 0.703. The maximum Gasteiger partial charge on any atom is 0.179 e. The van der Waals surface area contributed by atoms with Gasteiger partial charge in [-0.1, -0.05) is 297 Å². The molecule has 0 fully saturated rings. The first-order valence-electron chi connectivity index (χ1n) is 39.8. The Kier molecular flexibility index (Phi) is 16.1. The predicted molar refractivity (Wildman–Crippen MR) is 487 cm³/mol. The molecule has 0 spiro atoms. The Morgan fingerprint density at radius 1 is 0.153 bits per heavy atom. The van der Waals surface area contributed by atoms with Crippen molar-refractivity contribution < 1.29 is 0 Å². The van der Waals surface area contributed by atoms with E-state index < -0.39 is 0 Å². The monoisotopic (exact) mass is 1500 g/mol. The molecular formula is C109H65N9. The fraction of sp³-hybridized carbons (Fsp3) is 0. The summed E-state index contributed by atoms with van der Waals surface area (Å²) in [5.74, 6) is 1.25. The van der Waals surface area contributed by atoms with Crippen molar-refractivity contribution in [1.29, 1.82) is 0 Å². The Bertz CT molecular complexity index is 8010. The van der Waals surface area contributed by atoms with Crippen molar-refractivity contribution in [3.8, 4) is 135 Å². The van der Waals surface area contributed by atoms with Gasteiger partial charge in [0.05, 0.1) is 67.3 Å². The first kappa shape index (κ1) is 67.7. The van der Waals surface area contributed by atoms with Crippen molar-refractivity contribution in [3.63, 3.8) is 0 Å². The van der Waals surface area contributed by atoms with E-state index >= 15 is 0 Å². The molecule has 118 heavy (non-hydrogen) atoms. The van der Waals surface area contributed by atoms with E-state index in [1.165, 1.54) is 48.7 Å². The summed E-state index contributed by atoms with van der Waals surface area (Å²) >= 11 is 0. The van der Waals surface area contributed by atoms with Crippen molar-refractivity contribution in [2.75, 3.05) is 0 Å². The molecule has 0 aliphatic rings. The molecule has 7 heterocycles. The van der Waals surface area contributed by atoms with Gasteiger partial charge in [0.2, 0.25) is 0 Å². The zero-order valence-corrected chi connectivity index (χ0v) is 63.6. The highest BCUT2D eigenvalue weighted by molar-refractivity contribution is 6.27. The number of aromatic nitrogens is 9. The van der Waals surface area contributed by atoms with Crippen LogP contribution in [0.5, 0.6) is 0 Å². The first-order chi connectivity index (χ1) is 58.4. The highest BCUT2D eigenvalue weighted by Gasteiger charge is 2.22. The zero-order chi connectivity index (χ0) is 77.7. The molecule has 0 saturated heterocycles. The standard InChI is InChI=1S/C109H65N9/c1-3-19-71(20-4-1)102-90-31-11-12-33-99(90)115-108(117-102)82-27-16-26-80(61-82)97-55-48-74-44-43-73-47-54-95(111-104(73)105(74)113-97)69-39-35-66(36-40-69)76-45-51-87-88-52-46-78(64-93(88)86-30-10-9-29-85(86)92(87)62-76)91-65-81-50-56-96(70-41-37-68(38-42-70)84-32-17-23-67-18-7-8-28-83(67)84)112-106(81)107-89(91)53-58-98(114-107)79-25-15-24-75(60-79)77-49-57-100-94(63-77)103(72-21-5-2-6-22-72)118-109(116-100)101-34-13-14-59-110-101/h1-65H. The van der Waals surface area contributed by atoms with Gasteiger partial charge >= 0.3 is 0 Å². The second-order valence-electron chi connectivity index (χ2n) is 30.3. The Balaban J connectivity index is 0.588. The topological polar surface area (TPSA) is 116 Å². The van der Waals surface area contributed by atoms with Crippen LogP contribution in [0.2, 0.25) is 0 Å². The summed E-state index contributed by atoms with van der Waals surface area (Å²) in [5.41, 5.74) is 26.9. The Hall–Kier alpha value is -16.0. The minimum Gasteiger partial charge on any atom is -0.253 e. The van der Waals surface area contributed by atoms with Gasteiger partial charge < -0.3 is 0 Å². The largest absolute Gasteiger partial charge is 0.253 e. The van der Waals surface area contributed by atoms with E-state index in [4.69, 9.17) is 39.9 Å². The maximum atomic E-state index is 5.72. The summed E-state index contributed by atoms with van der Waals surface area (Å²) < 4.78 is 0. The van der Waals surface area contributed by atoms with Crippen LogP contribution in [-0.2, 0) is 0 Å². The molecule has 0 unspecified atom stereocenters. The number of pyridine rings is 5. The molecule has 9 nitrogen and oxygen atoms in total. The third-order valence-corrected chi connectivity index (χ3v) is 23.3. The lowest BCUT2D eigenvalue weighted by Crippen LogP contribution is -1.97. The fourth-order valence-corrected chi connectivity index (χ4v) is 17.4. The molecule has 0 radical (unpaired) electrons. The molecule has 0 amide bonds. The van der Waals surface area contributed by atoms with Crippen LogP contribution in [0.4, 0.5) is 0 Å². The number of fused-ring (bicyclic) bond motifs is 15. The molecule has 0 N–H and O–H groups in total. The van der Waals surface area contributed by atoms with Crippen LogP contribution in [0, 0.1) is 0 Å². The molecule has 0 saturated carbocycles. The average molecular weight is 1500 g/mol. The third kappa shape index (κ3) is 11.9. The molecule has 0 atom stereocenters. The summed E-state index contributed by atoms with van der Waals surface area (Å²) in [6, 6.07) is 138. The van der Waals surface area contributed by atoms with E-state index in [9.17, 15) is 0 Å². The van der Waals surface area contributed by atoms with Gasteiger partial charge in [-0.15, -0.1) is 0 Å². The summed E-state index contributed by atoms with van der Waals surface area (Å²) in [7, 11) is 0. The van der Waals surface area contributed by atoms with Gasteiger partial charge in [0.15, 0.2) is 11.6 Å². The molecule has 9 heteroatoms. The molecule has 7 aromatic heterocycles. The number of rotatable bonds is 12. The molecule has 23 rings (SSSR count). The number of hydrogen-bond donors (Lipinski definition) is 0. The van der Waals surface area contributed by atoms with Crippen LogP contribution >= 0.6 is 0 Å². The molecular weight excluding hydrogens is 1440 g/mol. The highest BCUT2D eigenvalue weighted by atomic mass is 14.9.